The van der Waals surface area contributed by atoms with Crippen LogP contribution in [0.1, 0.15) is 55.9 Å². The van der Waals surface area contributed by atoms with Crippen molar-refractivity contribution >= 4 is 11.1 Å². The van der Waals surface area contributed by atoms with Gasteiger partial charge >= 0.3 is 0 Å². The van der Waals surface area contributed by atoms with Crippen molar-refractivity contribution in [1.82, 2.24) is 4.90 Å². The van der Waals surface area contributed by atoms with Gasteiger partial charge in [-0.15, -0.1) is 0 Å². The van der Waals surface area contributed by atoms with E-state index >= 15 is 0 Å². The van der Waals surface area contributed by atoms with Gasteiger partial charge in [-0.05, 0) is 96.9 Å². The molecule has 3 heteroatoms. The minimum Gasteiger partial charge on any atom is -0.508 e. The first-order chi connectivity index (χ1) is 15.6. The number of allylic oxidation sites excluding steroid dienone is 1. The number of ether oxygens (including phenoxy) is 1. The van der Waals surface area contributed by atoms with Crippen molar-refractivity contribution in [2.45, 2.75) is 46.3 Å². The lowest BCUT2D eigenvalue weighted by molar-refractivity contribution is 0.0481. The van der Waals surface area contributed by atoms with Gasteiger partial charge in [0.15, 0.2) is 0 Å². The van der Waals surface area contributed by atoms with E-state index < -0.39 is 0 Å². The van der Waals surface area contributed by atoms with Crippen LogP contribution in [0.15, 0.2) is 72.8 Å². The van der Waals surface area contributed by atoms with Crippen molar-refractivity contribution in [2.24, 2.45) is 0 Å². The first kappa shape index (κ1) is 22.2. The Bertz CT molecular complexity index is 1060. The topological polar surface area (TPSA) is 32.7 Å². The predicted molar refractivity (Wildman–Crippen MR) is 133 cm³/mol. The van der Waals surface area contributed by atoms with Gasteiger partial charge in [-0.3, -0.25) is 4.90 Å². The Morgan fingerprint density at radius 3 is 2.16 bits per heavy atom. The molecule has 1 N–H and O–H groups in total. The van der Waals surface area contributed by atoms with E-state index in [0.29, 0.717) is 0 Å². The highest BCUT2D eigenvalue weighted by molar-refractivity contribution is 5.99. The van der Waals surface area contributed by atoms with E-state index in [1.807, 2.05) is 12.1 Å². The van der Waals surface area contributed by atoms with Gasteiger partial charge in [0.05, 0.1) is 0 Å². The SMILES string of the molecule is CCN(CC)C(C)Oc1ccc(C(=C2CCCc3ccccc32)c2ccc(O)cc2)cc1. The first-order valence-corrected chi connectivity index (χ1v) is 11.7. The lowest BCUT2D eigenvalue weighted by Gasteiger charge is -2.27. The maximum absolute atomic E-state index is 9.85. The predicted octanol–water partition coefficient (Wildman–Crippen LogP) is 6.75. The molecule has 0 fully saturated rings. The molecule has 0 radical (unpaired) electrons. The van der Waals surface area contributed by atoms with Crippen LogP contribution in [-0.4, -0.2) is 29.3 Å². The van der Waals surface area contributed by atoms with Crippen LogP contribution in [0, 0.1) is 0 Å². The van der Waals surface area contributed by atoms with E-state index in [1.54, 1.807) is 12.1 Å². The molecule has 0 saturated heterocycles. The number of phenols is 1. The van der Waals surface area contributed by atoms with Crippen molar-refractivity contribution in [3.8, 4) is 11.5 Å². The fraction of sp³-hybridized carbons (Fsp3) is 0.310. The molecule has 0 bridgehead atoms. The Morgan fingerprint density at radius 2 is 1.50 bits per heavy atom. The van der Waals surface area contributed by atoms with Gasteiger partial charge < -0.3 is 9.84 Å². The van der Waals surface area contributed by atoms with Crippen molar-refractivity contribution in [2.75, 3.05) is 13.1 Å². The van der Waals surface area contributed by atoms with E-state index in [-0.39, 0.29) is 12.0 Å². The summed E-state index contributed by atoms with van der Waals surface area (Å²) in [5.74, 6) is 1.17. The third-order valence-corrected chi connectivity index (χ3v) is 6.45. The second-order valence-corrected chi connectivity index (χ2v) is 8.37. The smallest absolute Gasteiger partial charge is 0.149 e. The highest BCUT2D eigenvalue weighted by Crippen LogP contribution is 2.40. The molecule has 1 unspecified atom stereocenters. The van der Waals surface area contributed by atoms with Crippen LogP contribution < -0.4 is 4.74 Å². The lowest BCUT2D eigenvalue weighted by Crippen LogP contribution is -2.36. The minimum atomic E-state index is 0.0380. The van der Waals surface area contributed by atoms with Crippen LogP contribution in [0.25, 0.3) is 11.1 Å². The molecule has 32 heavy (non-hydrogen) atoms. The van der Waals surface area contributed by atoms with Gasteiger partial charge in [0.25, 0.3) is 0 Å². The van der Waals surface area contributed by atoms with Crippen molar-refractivity contribution < 1.29 is 9.84 Å². The van der Waals surface area contributed by atoms with E-state index in [4.69, 9.17) is 4.74 Å². The summed E-state index contributed by atoms with van der Waals surface area (Å²) in [5.41, 5.74) is 7.67. The summed E-state index contributed by atoms with van der Waals surface area (Å²) in [6.07, 6.45) is 3.36. The standard InChI is InChI=1S/C29H33NO2/c1-4-30(5-2)21(3)32-26-19-15-24(16-20-26)29(23-13-17-25(31)18-14-23)28-12-8-10-22-9-6-7-11-27(22)28/h6-7,9,11,13-21,31H,4-5,8,10,12H2,1-3H3. The zero-order chi connectivity index (χ0) is 22.5. The largest absolute Gasteiger partial charge is 0.508 e. The molecule has 0 aliphatic heterocycles. The Labute approximate surface area is 192 Å². The molecule has 3 nitrogen and oxygen atoms in total. The Morgan fingerprint density at radius 1 is 0.875 bits per heavy atom. The quantitative estimate of drug-likeness (QED) is 0.423. The highest BCUT2D eigenvalue weighted by atomic mass is 16.5. The summed E-state index contributed by atoms with van der Waals surface area (Å²) in [6.45, 7) is 8.34. The Kier molecular flexibility index (Phi) is 6.96. The number of phenolic OH excluding ortho intramolecular Hbond substituents is 1. The Hall–Kier alpha value is -3.04. The molecule has 0 heterocycles. The molecular weight excluding hydrogens is 394 g/mol. The summed E-state index contributed by atoms with van der Waals surface area (Å²) in [7, 11) is 0. The zero-order valence-corrected chi connectivity index (χ0v) is 19.3. The normalized spacial score (nSPS) is 15.9. The van der Waals surface area contributed by atoms with Gasteiger partial charge in [-0.1, -0.05) is 62.4 Å². The molecule has 1 aliphatic rings. The average molecular weight is 428 g/mol. The van der Waals surface area contributed by atoms with Crippen LogP contribution >= 0.6 is 0 Å². The number of hydrogen-bond donors (Lipinski definition) is 1. The molecule has 1 atom stereocenters. The van der Waals surface area contributed by atoms with E-state index in [2.05, 4.69) is 74.2 Å². The molecule has 3 aromatic carbocycles. The Balaban J connectivity index is 1.75. The summed E-state index contributed by atoms with van der Waals surface area (Å²) >= 11 is 0. The molecule has 0 amide bonds. The average Bonchev–Trinajstić information content (AvgIpc) is 2.82. The van der Waals surface area contributed by atoms with Crippen LogP contribution in [0.5, 0.6) is 11.5 Å². The van der Waals surface area contributed by atoms with E-state index in [0.717, 1.165) is 43.7 Å². The summed E-state index contributed by atoms with van der Waals surface area (Å²) in [4.78, 5) is 2.29. The van der Waals surface area contributed by atoms with Gasteiger partial charge in [0, 0.05) is 0 Å². The van der Waals surface area contributed by atoms with Gasteiger partial charge in [-0.2, -0.15) is 0 Å². The summed E-state index contributed by atoms with van der Waals surface area (Å²) in [6, 6.07) is 24.8. The number of nitrogens with zero attached hydrogens (tertiary/aromatic N) is 1. The van der Waals surface area contributed by atoms with Crippen LogP contribution in [0.2, 0.25) is 0 Å². The number of hydrogen-bond acceptors (Lipinski definition) is 3. The summed E-state index contributed by atoms with van der Waals surface area (Å²) in [5, 5.41) is 9.85. The fourth-order valence-corrected chi connectivity index (χ4v) is 4.74. The maximum atomic E-state index is 9.85. The van der Waals surface area contributed by atoms with E-state index in [1.165, 1.54) is 27.8 Å². The van der Waals surface area contributed by atoms with Crippen LogP contribution in [0.4, 0.5) is 0 Å². The highest BCUT2D eigenvalue weighted by Gasteiger charge is 2.20. The van der Waals surface area contributed by atoms with Crippen molar-refractivity contribution in [3.63, 3.8) is 0 Å². The number of fused-ring (bicyclic) bond motifs is 1. The molecule has 0 saturated carbocycles. The number of aryl methyl sites for hydroxylation is 1. The van der Waals surface area contributed by atoms with E-state index in [9.17, 15) is 5.11 Å². The summed E-state index contributed by atoms with van der Waals surface area (Å²) < 4.78 is 6.19. The molecule has 166 valence electrons. The molecule has 1 aliphatic carbocycles. The molecule has 0 spiro atoms. The molecular formula is C29H33NO2. The van der Waals surface area contributed by atoms with Gasteiger partial charge in [0.2, 0.25) is 0 Å². The van der Waals surface area contributed by atoms with Crippen LogP contribution in [-0.2, 0) is 6.42 Å². The fourth-order valence-electron chi connectivity index (χ4n) is 4.74. The second kappa shape index (κ2) is 10.1. The lowest BCUT2D eigenvalue weighted by atomic mass is 9.81. The van der Waals surface area contributed by atoms with Gasteiger partial charge in [0.1, 0.15) is 17.7 Å². The third-order valence-electron chi connectivity index (χ3n) is 6.45. The maximum Gasteiger partial charge on any atom is 0.149 e. The monoisotopic (exact) mass is 427 g/mol. The first-order valence-electron chi connectivity index (χ1n) is 11.7. The number of benzene rings is 3. The molecule has 0 aromatic heterocycles. The van der Waals surface area contributed by atoms with Crippen LogP contribution in [0.3, 0.4) is 0 Å². The zero-order valence-electron chi connectivity index (χ0n) is 19.3. The van der Waals surface area contributed by atoms with Crippen molar-refractivity contribution in [3.05, 3.63) is 95.1 Å². The van der Waals surface area contributed by atoms with Crippen molar-refractivity contribution in [1.29, 1.82) is 0 Å². The minimum absolute atomic E-state index is 0.0380. The number of aromatic hydroxyl groups is 1. The molecule has 4 rings (SSSR count). The second-order valence-electron chi connectivity index (χ2n) is 8.37. The number of rotatable bonds is 7. The van der Waals surface area contributed by atoms with Gasteiger partial charge in [-0.25, -0.2) is 0 Å². The third kappa shape index (κ3) is 4.73. The molecule has 3 aromatic rings.